The summed E-state index contributed by atoms with van der Waals surface area (Å²) < 4.78 is 4.42. The van der Waals surface area contributed by atoms with Crippen molar-refractivity contribution in [3.05, 3.63) is 0 Å². The summed E-state index contributed by atoms with van der Waals surface area (Å²) in [4.78, 5) is 21.6. The van der Waals surface area contributed by atoms with Gasteiger partial charge in [0.25, 0.3) is 0 Å². The van der Waals surface area contributed by atoms with Gasteiger partial charge in [-0.2, -0.15) is 0 Å². The lowest BCUT2D eigenvalue weighted by atomic mass is 9.89. The van der Waals surface area contributed by atoms with Crippen molar-refractivity contribution in [3.8, 4) is 0 Å². The van der Waals surface area contributed by atoms with Crippen molar-refractivity contribution in [1.29, 1.82) is 0 Å². The first-order valence-electron chi connectivity index (χ1n) is 4.32. The predicted octanol–water partition coefficient (Wildman–Crippen LogP) is 1.30. The lowest BCUT2D eigenvalue weighted by molar-refractivity contribution is -0.151. The van der Waals surface area contributed by atoms with Crippen LogP contribution in [0.15, 0.2) is 0 Å². The highest BCUT2D eigenvalue weighted by Crippen LogP contribution is 2.19. The molecule has 0 aliphatic carbocycles. The van der Waals surface area contributed by atoms with Crippen LogP contribution in [-0.2, 0) is 14.3 Å². The third-order valence-corrected chi connectivity index (χ3v) is 2.26. The highest BCUT2D eigenvalue weighted by atomic mass is 16.5. The van der Waals surface area contributed by atoms with Crippen molar-refractivity contribution < 1.29 is 19.4 Å². The standard InChI is InChI=1S/C9H16O4/c1-4-6(2)7(9(11)12)5-8(10)13-3/h6-7H,4-5H2,1-3H3,(H,11,12)/t6?,7-/m0/s1. The Hall–Kier alpha value is -1.06. The van der Waals surface area contributed by atoms with Crippen molar-refractivity contribution >= 4 is 11.9 Å². The first-order chi connectivity index (χ1) is 6.02. The molecular formula is C9H16O4. The summed E-state index contributed by atoms with van der Waals surface area (Å²) >= 11 is 0. The van der Waals surface area contributed by atoms with E-state index in [4.69, 9.17) is 5.11 Å². The maximum atomic E-state index is 10.9. The normalized spacial score (nSPS) is 14.7. The Morgan fingerprint density at radius 1 is 1.46 bits per heavy atom. The van der Waals surface area contributed by atoms with Crippen LogP contribution >= 0.6 is 0 Å². The lowest BCUT2D eigenvalue weighted by Gasteiger charge is -2.16. The second-order valence-electron chi connectivity index (χ2n) is 3.11. The number of esters is 1. The van der Waals surface area contributed by atoms with E-state index in [1.807, 2.05) is 13.8 Å². The molecule has 0 saturated heterocycles. The van der Waals surface area contributed by atoms with E-state index < -0.39 is 17.9 Å². The predicted molar refractivity (Wildman–Crippen MR) is 47.2 cm³/mol. The van der Waals surface area contributed by atoms with E-state index in [1.165, 1.54) is 7.11 Å². The van der Waals surface area contributed by atoms with E-state index in [-0.39, 0.29) is 12.3 Å². The van der Waals surface area contributed by atoms with Crippen LogP contribution in [0, 0.1) is 11.8 Å². The van der Waals surface area contributed by atoms with Crippen molar-refractivity contribution in [3.63, 3.8) is 0 Å². The van der Waals surface area contributed by atoms with Crippen molar-refractivity contribution in [1.82, 2.24) is 0 Å². The third kappa shape index (κ3) is 3.92. The molecule has 0 saturated carbocycles. The van der Waals surface area contributed by atoms with Crippen molar-refractivity contribution in [2.75, 3.05) is 7.11 Å². The number of carbonyl (C=O) groups excluding carboxylic acids is 1. The molecule has 0 aliphatic rings. The molecule has 0 aliphatic heterocycles. The average molecular weight is 188 g/mol. The van der Waals surface area contributed by atoms with E-state index in [0.29, 0.717) is 0 Å². The van der Waals surface area contributed by atoms with Gasteiger partial charge in [-0.15, -0.1) is 0 Å². The Labute approximate surface area is 77.9 Å². The summed E-state index contributed by atoms with van der Waals surface area (Å²) in [7, 11) is 1.26. The molecule has 0 rings (SSSR count). The van der Waals surface area contributed by atoms with Gasteiger partial charge >= 0.3 is 11.9 Å². The first kappa shape index (κ1) is 11.9. The molecule has 4 nitrogen and oxygen atoms in total. The molecule has 4 heteroatoms. The molecule has 13 heavy (non-hydrogen) atoms. The fraction of sp³-hybridized carbons (Fsp3) is 0.778. The molecule has 0 amide bonds. The summed E-state index contributed by atoms with van der Waals surface area (Å²) in [6.45, 7) is 3.72. The largest absolute Gasteiger partial charge is 0.481 e. The Kier molecular flexibility index (Phi) is 5.11. The Bertz CT molecular complexity index is 188. The molecule has 76 valence electrons. The molecule has 0 fully saturated rings. The number of methoxy groups -OCH3 is 1. The molecule has 1 N–H and O–H groups in total. The minimum atomic E-state index is -0.931. The molecule has 0 heterocycles. The third-order valence-electron chi connectivity index (χ3n) is 2.26. The van der Waals surface area contributed by atoms with Crippen LogP contribution < -0.4 is 0 Å². The number of hydrogen-bond acceptors (Lipinski definition) is 3. The van der Waals surface area contributed by atoms with E-state index in [9.17, 15) is 9.59 Å². The summed E-state index contributed by atoms with van der Waals surface area (Å²) in [6, 6.07) is 0. The van der Waals surface area contributed by atoms with Gasteiger partial charge in [0, 0.05) is 0 Å². The van der Waals surface area contributed by atoms with Crippen LogP contribution in [0.2, 0.25) is 0 Å². The average Bonchev–Trinajstić information content (AvgIpc) is 2.11. The van der Waals surface area contributed by atoms with Crippen LogP contribution in [0.5, 0.6) is 0 Å². The van der Waals surface area contributed by atoms with Crippen molar-refractivity contribution in [2.45, 2.75) is 26.7 Å². The number of carboxylic acids is 1. The van der Waals surface area contributed by atoms with Gasteiger partial charge in [-0.3, -0.25) is 9.59 Å². The molecule has 0 aromatic carbocycles. The smallest absolute Gasteiger partial charge is 0.307 e. The number of ether oxygens (including phenoxy) is 1. The van der Waals surface area contributed by atoms with Crippen LogP contribution in [-0.4, -0.2) is 24.2 Å². The molecule has 1 unspecified atom stereocenters. The Morgan fingerprint density at radius 2 is 2.00 bits per heavy atom. The molecule has 0 aromatic rings. The topological polar surface area (TPSA) is 63.6 Å². The highest BCUT2D eigenvalue weighted by molar-refractivity contribution is 5.78. The fourth-order valence-corrected chi connectivity index (χ4v) is 1.08. The molecular weight excluding hydrogens is 172 g/mol. The zero-order valence-corrected chi connectivity index (χ0v) is 8.24. The number of carbonyl (C=O) groups is 2. The second-order valence-corrected chi connectivity index (χ2v) is 3.11. The SMILES string of the molecule is CCC(C)[C@H](CC(=O)OC)C(=O)O. The molecule has 2 atom stereocenters. The van der Waals surface area contributed by atoms with Gasteiger partial charge in [0.15, 0.2) is 0 Å². The monoisotopic (exact) mass is 188 g/mol. The first-order valence-corrected chi connectivity index (χ1v) is 4.32. The van der Waals surface area contributed by atoms with Gasteiger partial charge in [0.2, 0.25) is 0 Å². The number of carboxylic acid groups (broad SMARTS) is 1. The summed E-state index contributed by atoms with van der Waals surface area (Å²) in [6.07, 6.45) is 0.703. The van der Waals surface area contributed by atoms with Crippen LogP contribution in [0.4, 0.5) is 0 Å². The Morgan fingerprint density at radius 3 is 2.31 bits per heavy atom. The maximum absolute atomic E-state index is 10.9. The molecule has 0 aromatic heterocycles. The minimum absolute atomic E-state index is 0.00315. The quantitative estimate of drug-likeness (QED) is 0.660. The highest BCUT2D eigenvalue weighted by Gasteiger charge is 2.26. The summed E-state index contributed by atoms with van der Waals surface area (Å²) in [5, 5.41) is 8.81. The molecule has 0 radical (unpaired) electrons. The summed E-state index contributed by atoms with van der Waals surface area (Å²) in [5.41, 5.74) is 0. The Balaban J connectivity index is 4.26. The second kappa shape index (κ2) is 5.56. The number of rotatable bonds is 5. The minimum Gasteiger partial charge on any atom is -0.481 e. The van der Waals surface area contributed by atoms with Gasteiger partial charge in [0.05, 0.1) is 19.4 Å². The van der Waals surface area contributed by atoms with E-state index in [1.54, 1.807) is 0 Å². The van der Waals surface area contributed by atoms with Gasteiger partial charge < -0.3 is 9.84 Å². The number of aliphatic carboxylic acids is 1. The van der Waals surface area contributed by atoms with Crippen molar-refractivity contribution in [2.24, 2.45) is 11.8 Å². The van der Waals surface area contributed by atoms with Gasteiger partial charge in [-0.25, -0.2) is 0 Å². The van der Waals surface area contributed by atoms with Crippen LogP contribution in [0.1, 0.15) is 26.7 Å². The van der Waals surface area contributed by atoms with Gasteiger partial charge in [-0.05, 0) is 5.92 Å². The van der Waals surface area contributed by atoms with Gasteiger partial charge in [-0.1, -0.05) is 20.3 Å². The van der Waals surface area contributed by atoms with E-state index in [0.717, 1.165) is 6.42 Å². The van der Waals surface area contributed by atoms with Crippen LogP contribution in [0.25, 0.3) is 0 Å². The zero-order valence-electron chi connectivity index (χ0n) is 8.24. The van der Waals surface area contributed by atoms with Gasteiger partial charge in [0.1, 0.15) is 0 Å². The number of hydrogen-bond donors (Lipinski definition) is 1. The molecule has 0 bridgehead atoms. The van der Waals surface area contributed by atoms with E-state index in [2.05, 4.69) is 4.74 Å². The lowest BCUT2D eigenvalue weighted by Crippen LogP contribution is -2.24. The molecule has 0 spiro atoms. The zero-order chi connectivity index (χ0) is 10.4. The van der Waals surface area contributed by atoms with E-state index >= 15 is 0 Å². The van der Waals surface area contributed by atoms with Crippen LogP contribution in [0.3, 0.4) is 0 Å². The fourth-order valence-electron chi connectivity index (χ4n) is 1.08. The maximum Gasteiger partial charge on any atom is 0.307 e. The summed E-state index contributed by atoms with van der Waals surface area (Å²) in [5.74, 6) is -2.03.